The van der Waals surface area contributed by atoms with Crippen molar-refractivity contribution in [3.8, 4) is 33.5 Å². The molecule has 0 N–H and O–H groups in total. The molecule has 0 saturated carbocycles. The van der Waals surface area contributed by atoms with Crippen molar-refractivity contribution in [1.82, 2.24) is 13.1 Å². The summed E-state index contributed by atoms with van der Waals surface area (Å²) in [6.07, 6.45) is 3.24. The maximum atomic E-state index is 15.4. The van der Waals surface area contributed by atoms with Crippen molar-refractivity contribution >= 4 is 20.9 Å². The van der Waals surface area contributed by atoms with Crippen LogP contribution < -0.4 is 11.1 Å². The van der Waals surface area contributed by atoms with E-state index < -0.39 is 27.2 Å². The minimum Gasteiger partial charge on any atom is -0.380 e. The van der Waals surface area contributed by atoms with Crippen molar-refractivity contribution in [2.24, 2.45) is 14.1 Å². The van der Waals surface area contributed by atoms with Gasteiger partial charge in [0.2, 0.25) is 0 Å². The molecule has 7 rings (SSSR count). The van der Waals surface area contributed by atoms with Crippen LogP contribution in [0.25, 0.3) is 44.4 Å². The fraction of sp³-hybridized carbons (Fsp3) is 0.167. The molecule has 3 aromatic carbocycles. The number of nitrogens with zero attached hydrogens (tertiary/aromatic N) is 3. The lowest BCUT2D eigenvalue weighted by atomic mass is 9.91. The van der Waals surface area contributed by atoms with Gasteiger partial charge in [0, 0.05) is 66.6 Å². The quantitative estimate of drug-likeness (QED) is 0.221. The minimum absolute atomic E-state index is 0.122. The molecule has 0 atom stereocenters. The predicted octanol–water partition coefficient (Wildman–Crippen LogP) is 5.98. The van der Waals surface area contributed by atoms with Crippen LogP contribution in [0.2, 0.25) is 0 Å². The predicted molar refractivity (Wildman–Crippen MR) is 176 cm³/mol. The first-order valence-corrected chi connectivity index (χ1v) is 16.3. The molecule has 0 amide bonds. The third-order valence-electron chi connectivity index (χ3n) is 8.69. The molecule has 0 spiro atoms. The van der Waals surface area contributed by atoms with Crippen molar-refractivity contribution in [2.75, 3.05) is 13.2 Å². The van der Waals surface area contributed by atoms with Crippen molar-refractivity contribution in [3.05, 3.63) is 135 Å². The van der Waals surface area contributed by atoms with Gasteiger partial charge in [0.05, 0.1) is 23.8 Å². The summed E-state index contributed by atoms with van der Waals surface area (Å²) in [5.74, 6) is -1.60. The average Bonchev–Trinajstić information content (AvgIpc) is 3.41. The number of pyridine rings is 2. The Morgan fingerprint density at radius 2 is 1.51 bits per heavy atom. The number of fused-ring (bicyclic) bond motifs is 1. The number of benzene rings is 3. The molecule has 1 fully saturated rings. The van der Waals surface area contributed by atoms with Crippen LogP contribution in [0, 0.1) is 18.6 Å². The second-order valence-corrected chi connectivity index (χ2v) is 13.7. The summed E-state index contributed by atoms with van der Waals surface area (Å²) < 4.78 is 67.1. The topological polar surface area (TPSA) is 92.3 Å². The van der Waals surface area contributed by atoms with E-state index in [1.54, 1.807) is 38.5 Å². The number of halogens is 2. The van der Waals surface area contributed by atoms with Gasteiger partial charge in [-0.15, -0.1) is 0 Å². The van der Waals surface area contributed by atoms with Gasteiger partial charge >= 0.3 is 0 Å². The Bertz CT molecular complexity index is 2460. The van der Waals surface area contributed by atoms with Gasteiger partial charge in [-0.05, 0) is 53.9 Å². The molecule has 6 aromatic rings. The second kappa shape index (κ2) is 11.3. The Hall–Kier alpha value is -5.13. The highest BCUT2D eigenvalue weighted by Crippen LogP contribution is 2.40. The standard InChI is InChI=1S/C36H29F2N3O5S/c1-21-7-10-26(11-8-21)47(44,45)41-33(27-12-9-25(37)14-32(27)38)15-29-31(18-40(3)36(43)35(29)41)28-16-34(42)39(2)17-30(28)23-6-4-5-22(13-23)24-19-46-20-24/h4-18,24H,19-20H2,1-3H3. The summed E-state index contributed by atoms with van der Waals surface area (Å²) in [5, 5.41) is 0.181. The molecular formula is C36H29F2N3O5S. The van der Waals surface area contributed by atoms with E-state index >= 15 is 4.39 Å². The lowest BCUT2D eigenvalue weighted by molar-refractivity contribution is 0.00844. The summed E-state index contributed by atoms with van der Waals surface area (Å²) in [6.45, 7) is 3.02. The third kappa shape index (κ3) is 5.12. The largest absolute Gasteiger partial charge is 0.380 e. The molecular weight excluding hydrogens is 624 g/mol. The lowest BCUT2D eigenvalue weighted by Gasteiger charge is -2.26. The van der Waals surface area contributed by atoms with Crippen LogP contribution in [0.1, 0.15) is 17.0 Å². The molecule has 0 unspecified atom stereocenters. The molecule has 0 radical (unpaired) electrons. The first-order valence-electron chi connectivity index (χ1n) is 14.9. The van der Waals surface area contributed by atoms with E-state index in [0.29, 0.717) is 36.0 Å². The van der Waals surface area contributed by atoms with Gasteiger partial charge in [-0.1, -0.05) is 42.0 Å². The molecule has 47 heavy (non-hydrogen) atoms. The number of aromatic nitrogens is 3. The van der Waals surface area contributed by atoms with Gasteiger partial charge in [0.15, 0.2) is 0 Å². The molecule has 8 nitrogen and oxygen atoms in total. The fourth-order valence-corrected chi connectivity index (χ4v) is 7.54. The average molecular weight is 654 g/mol. The van der Waals surface area contributed by atoms with Crippen molar-refractivity contribution in [2.45, 2.75) is 17.7 Å². The zero-order valence-electron chi connectivity index (χ0n) is 25.7. The molecule has 1 saturated heterocycles. The first-order chi connectivity index (χ1) is 22.4. The molecule has 0 aliphatic carbocycles. The third-order valence-corrected chi connectivity index (χ3v) is 10.4. The molecule has 1 aliphatic rings. The van der Waals surface area contributed by atoms with E-state index in [4.69, 9.17) is 4.74 Å². The Kier molecular flexibility index (Phi) is 7.33. The van der Waals surface area contributed by atoms with E-state index in [-0.39, 0.29) is 38.5 Å². The summed E-state index contributed by atoms with van der Waals surface area (Å²) in [6, 6.07) is 19.6. The van der Waals surface area contributed by atoms with E-state index in [1.807, 2.05) is 24.3 Å². The number of ether oxygens (including phenoxy) is 1. The Labute approximate surface area is 268 Å². The lowest BCUT2D eigenvalue weighted by Crippen LogP contribution is -2.25. The van der Waals surface area contributed by atoms with Crippen LogP contribution in [0.15, 0.2) is 106 Å². The maximum absolute atomic E-state index is 15.4. The van der Waals surface area contributed by atoms with Crippen LogP contribution in [0.3, 0.4) is 0 Å². The Balaban J connectivity index is 1.59. The van der Waals surface area contributed by atoms with E-state index in [0.717, 1.165) is 32.8 Å². The van der Waals surface area contributed by atoms with Crippen LogP contribution in [0.5, 0.6) is 0 Å². The second-order valence-electron chi connectivity index (χ2n) is 11.9. The highest BCUT2D eigenvalue weighted by molar-refractivity contribution is 7.90. The zero-order valence-corrected chi connectivity index (χ0v) is 26.5. The van der Waals surface area contributed by atoms with E-state index in [9.17, 15) is 22.4 Å². The summed E-state index contributed by atoms with van der Waals surface area (Å²) in [7, 11) is -1.39. The van der Waals surface area contributed by atoms with Gasteiger partial charge in [0.1, 0.15) is 17.2 Å². The van der Waals surface area contributed by atoms with Crippen molar-refractivity contribution in [3.63, 3.8) is 0 Å². The summed E-state index contributed by atoms with van der Waals surface area (Å²) in [5.41, 5.74) is 2.58. The number of rotatable bonds is 6. The number of aryl methyl sites for hydroxylation is 3. The molecule has 238 valence electrons. The van der Waals surface area contributed by atoms with Gasteiger partial charge < -0.3 is 13.9 Å². The maximum Gasteiger partial charge on any atom is 0.275 e. The summed E-state index contributed by atoms with van der Waals surface area (Å²) >= 11 is 0. The van der Waals surface area contributed by atoms with Gasteiger partial charge in [-0.3, -0.25) is 9.59 Å². The minimum atomic E-state index is -4.51. The smallest absolute Gasteiger partial charge is 0.275 e. The van der Waals surface area contributed by atoms with Gasteiger partial charge in [-0.2, -0.15) is 0 Å². The highest BCUT2D eigenvalue weighted by atomic mass is 32.2. The molecule has 0 bridgehead atoms. The number of hydrogen-bond acceptors (Lipinski definition) is 5. The Morgan fingerprint density at radius 3 is 2.19 bits per heavy atom. The van der Waals surface area contributed by atoms with Crippen LogP contribution in [-0.4, -0.2) is 34.7 Å². The van der Waals surface area contributed by atoms with Crippen LogP contribution >= 0.6 is 0 Å². The fourth-order valence-electron chi connectivity index (χ4n) is 6.03. The SMILES string of the molecule is Cc1ccc(S(=O)(=O)n2c(-c3ccc(F)cc3F)cc3c(-c4cc(=O)n(C)cc4-c4cccc(C5COC5)c4)cn(C)c(=O)c32)cc1. The van der Waals surface area contributed by atoms with Crippen LogP contribution in [-0.2, 0) is 28.9 Å². The zero-order chi connectivity index (χ0) is 33.2. The molecule has 1 aliphatic heterocycles. The molecule has 11 heteroatoms. The van der Waals surface area contributed by atoms with Crippen LogP contribution in [0.4, 0.5) is 8.78 Å². The van der Waals surface area contributed by atoms with E-state index in [2.05, 4.69) is 0 Å². The highest BCUT2D eigenvalue weighted by Gasteiger charge is 2.30. The van der Waals surface area contributed by atoms with Crippen molar-refractivity contribution < 1.29 is 21.9 Å². The first kappa shape index (κ1) is 30.5. The normalized spacial score (nSPS) is 13.6. The Morgan fingerprint density at radius 1 is 0.787 bits per heavy atom. The van der Waals surface area contributed by atoms with Gasteiger partial charge in [-0.25, -0.2) is 21.2 Å². The molecule has 3 aromatic heterocycles. The summed E-state index contributed by atoms with van der Waals surface area (Å²) in [4.78, 5) is 27.0. The van der Waals surface area contributed by atoms with Crippen molar-refractivity contribution in [1.29, 1.82) is 0 Å². The van der Waals surface area contributed by atoms with E-state index in [1.165, 1.54) is 40.4 Å². The van der Waals surface area contributed by atoms with Gasteiger partial charge in [0.25, 0.3) is 21.1 Å². The molecule has 4 heterocycles. The monoisotopic (exact) mass is 653 g/mol. The number of hydrogen-bond donors (Lipinski definition) is 0.